The Labute approximate surface area is 201 Å². The fourth-order valence-electron chi connectivity index (χ4n) is 3.60. The van der Waals surface area contributed by atoms with Gasteiger partial charge in [-0.2, -0.15) is 13.2 Å². The first-order valence-corrected chi connectivity index (χ1v) is 10.5. The molecule has 0 bridgehead atoms. The van der Waals surface area contributed by atoms with Crippen molar-refractivity contribution in [3.05, 3.63) is 97.2 Å². The van der Waals surface area contributed by atoms with Crippen molar-refractivity contribution in [1.82, 2.24) is 5.32 Å². The number of hydrogen-bond donors (Lipinski definition) is 2. The molecule has 1 aliphatic rings. The number of benzene rings is 3. The van der Waals surface area contributed by atoms with Crippen molar-refractivity contribution < 1.29 is 35.9 Å². The molecule has 0 fully saturated rings. The maximum absolute atomic E-state index is 14.6. The highest BCUT2D eigenvalue weighted by Gasteiger charge is 2.36. The molecule has 1 atom stereocenters. The van der Waals surface area contributed by atoms with Crippen molar-refractivity contribution in [1.29, 1.82) is 0 Å². The van der Waals surface area contributed by atoms with E-state index in [1.54, 1.807) is 0 Å². The summed E-state index contributed by atoms with van der Waals surface area (Å²) in [5.41, 5.74) is -2.44. The minimum atomic E-state index is -4.90. The Morgan fingerprint density at radius 2 is 1.74 bits per heavy atom. The number of carbonyl (C=O) groups excluding carboxylic acids is 2. The van der Waals surface area contributed by atoms with Crippen molar-refractivity contribution in [2.24, 2.45) is 0 Å². The van der Waals surface area contributed by atoms with Gasteiger partial charge < -0.3 is 10.6 Å². The average Bonchev–Trinajstić information content (AvgIpc) is 3.06. The van der Waals surface area contributed by atoms with Crippen LogP contribution in [0.1, 0.15) is 43.4 Å². The van der Waals surface area contributed by atoms with Gasteiger partial charge in [0.05, 0.1) is 11.6 Å². The second-order valence-electron chi connectivity index (χ2n) is 7.29. The maximum atomic E-state index is 14.6. The molecule has 1 heterocycles. The van der Waals surface area contributed by atoms with Gasteiger partial charge in [-0.1, -0.05) is 27.5 Å². The Bertz CT molecular complexity index is 1360. The van der Waals surface area contributed by atoms with Gasteiger partial charge in [-0.05, 0) is 42.5 Å². The fourth-order valence-corrected chi connectivity index (χ4v) is 4.27. The molecular weight excluding hydrogens is 554 g/mol. The highest BCUT2D eigenvalue weighted by Crippen LogP contribution is 2.40. The molecule has 0 spiro atoms. The lowest BCUT2D eigenvalue weighted by atomic mass is 9.95. The summed E-state index contributed by atoms with van der Waals surface area (Å²) in [5, 5.41) is 4.64. The molecule has 0 aliphatic carbocycles. The Hall–Kier alpha value is -3.05. The fraction of sp³-hybridized carbons (Fsp3) is 0.0909. The van der Waals surface area contributed by atoms with E-state index in [0.29, 0.717) is 16.6 Å². The summed E-state index contributed by atoms with van der Waals surface area (Å²) in [5.74, 6) is -5.65. The van der Waals surface area contributed by atoms with Crippen LogP contribution >= 0.6 is 27.5 Å². The summed E-state index contributed by atoms with van der Waals surface area (Å²) in [4.78, 5) is 25.3. The third kappa shape index (κ3) is 4.49. The quantitative estimate of drug-likeness (QED) is 0.278. The lowest BCUT2D eigenvalue weighted by Gasteiger charge is -2.18. The lowest BCUT2D eigenvalue weighted by molar-refractivity contribution is -0.137. The molecule has 2 N–H and O–H groups in total. The van der Waals surface area contributed by atoms with Gasteiger partial charge in [-0.3, -0.25) is 9.59 Å². The predicted molar refractivity (Wildman–Crippen MR) is 114 cm³/mol. The van der Waals surface area contributed by atoms with Crippen LogP contribution in [0.2, 0.25) is 5.02 Å². The molecular formula is C22H10BrClF6N2O2. The van der Waals surface area contributed by atoms with E-state index in [1.165, 1.54) is 12.1 Å². The molecule has 12 heteroatoms. The number of carbonyl (C=O) groups is 2. The van der Waals surface area contributed by atoms with E-state index < -0.39 is 52.6 Å². The summed E-state index contributed by atoms with van der Waals surface area (Å²) < 4.78 is 81.7. The van der Waals surface area contributed by atoms with Crippen molar-refractivity contribution in [3.8, 4) is 0 Å². The second kappa shape index (κ2) is 8.62. The second-order valence-corrected chi connectivity index (χ2v) is 8.64. The third-order valence-electron chi connectivity index (χ3n) is 5.02. The number of amides is 2. The molecule has 0 aromatic heterocycles. The van der Waals surface area contributed by atoms with Crippen LogP contribution in [-0.4, -0.2) is 11.8 Å². The average molecular weight is 564 g/mol. The van der Waals surface area contributed by atoms with Crippen LogP contribution in [0.4, 0.5) is 32.0 Å². The van der Waals surface area contributed by atoms with Crippen LogP contribution in [0.5, 0.6) is 0 Å². The van der Waals surface area contributed by atoms with Gasteiger partial charge in [0, 0.05) is 37.4 Å². The number of nitrogens with one attached hydrogen (secondary N) is 2. The minimum absolute atomic E-state index is 0.00955. The van der Waals surface area contributed by atoms with Gasteiger partial charge in [0.25, 0.3) is 11.8 Å². The van der Waals surface area contributed by atoms with Crippen LogP contribution in [0.25, 0.3) is 0 Å². The molecule has 176 valence electrons. The van der Waals surface area contributed by atoms with Gasteiger partial charge in [0.2, 0.25) is 0 Å². The van der Waals surface area contributed by atoms with Crippen LogP contribution in [0.3, 0.4) is 0 Å². The van der Waals surface area contributed by atoms with Crippen LogP contribution < -0.4 is 10.6 Å². The number of alkyl halides is 3. The molecule has 4 rings (SSSR count). The van der Waals surface area contributed by atoms with Gasteiger partial charge in [0.15, 0.2) is 11.6 Å². The Kier molecular flexibility index (Phi) is 6.11. The van der Waals surface area contributed by atoms with E-state index in [-0.39, 0.29) is 33.5 Å². The maximum Gasteiger partial charge on any atom is 0.416 e. The number of fused-ring (bicyclic) bond motifs is 1. The molecule has 4 nitrogen and oxygen atoms in total. The molecule has 1 aliphatic heterocycles. The largest absolute Gasteiger partial charge is 0.416 e. The summed E-state index contributed by atoms with van der Waals surface area (Å²) in [7, 11) is 0. The smallest absolute Gasteiger partial charge is 0.341 e. The SMILES string of the molecule is O=C(Nc1cc(Br)cc2c1[C@H](c1cc(Cl)cc(F)c1F)NC2=O)c1cc(F)cc(C(F)(F)F)c1. The number of rotatable bonds is 3. The summed E-state index contributed by atoms with van der Waals surface area (Å²) in [6.45, 7) is 0. The van der Waals surface area contributed by atoms with E-state index in [4.69, 9.17) is 11.6 Å². The van der Waals surface area contributed by atoms with Crippen LogP contribution in [0, 0.1) is 17.5 Å². The normalized spacial score (nSPS) is 15.2. The highest BCUT2D eigenvalue weighted by atomic mass is 79.9. The number of hydrogen-bond acceptors (Lipinski definition) is 2. The molecule has 3 aromatic carbocycles. The molecule has 0 saturated heterocycles. The molecule has 3 aromatic rings. The summed E-state index contributed by atoms with van der Waals surface area (Å²) in [6, 6.07) is 4.54. The number of anilines is 1. The predicted octanol–water partition coefficient (Wildman–Crippen LogP) is 6.62. The van der Waals surface area contributed by atoms with E-state index in [1.807, 2.05) is 0 Å². The van der Waals surface area contributed by atoms with Crippen LogP contribution in [-0.2, 0) is 6.18 Å². The lowest BCUT2D eigenvalue weighted by Crippen LogP contribution is -2.22. The van der Waals surface area contributed by atoms with Gasteiger partial charge >= 0.3 is 6.18 Å². The van der Waals surface area contributed by atoms with Gasteiger partial charge in [-0.15, -0.1) is 0 Å². The number of halogens is 8. The standard InChI is InChI=1S/C22H10BrClF6N2O2/c23-10-4-13-17(19(32-21(13)34)14-6-11(24)7-15(26)18(14)27)16(5-10)31-20(33)8-1-9(22(28,29)30)3-12(25)2-8/h1-7,19H,(H,31,33)(H,32,34)/t19-/m0/s1. The first-order valence-electron chi connectivity index (χ1n) is 9.33. The van der Waals surface area contributed by atoms with Crippen molar-refractivity contribution in [3.63, 3.8) is 0 Å². The monoisotopic (exact) mass is 562 g/mol. The molecule has 0 radical (unpaired) electrons. The third-order valence-corrected chi connectivity index (χ3v) is 5.70. The zero-order chi connectivity index (χ0) is 24.9. The van der Waals surface area contributed by atoms with Crippen molar-refractivity contribution in [2.75, 3.05) is 5.32 Å². The Morgan fingerprint density at radius 3 is 2.41 bits per heavy atom. The molecule has 34 heavy (non-hydrogen) atoms. The molecule has 2 amide bonds. The summed E-state index contributed by atoms with van der Waals surface area (Å²) >= 11 is 8.99. The highest BCUT2D eigenvalue weighted by molar-refractivity contribution is 9.10. The first kappa shape index (κ1) is 24.1. The van der Waals surface area contributed by atoms with E-state index in [2.05, 4.69) is 26.6 Å². The van der Waals surface area contributed by atoms with E-state index in [0.717, 1.165) is 12.1 Å². The Balaban J connectivity index is 1.80. The van der Waals surface area contributed by atoms with E-state index in [9.17, 15) is 35.9 Å². The molecule has 0 saturated carbocycles. The minimum Gasteiger partial charge on any atom is -0.341 e. The van der Waals surface area contributed by atoms with E-state index >= 15 is 0 Å². The van der Waals surface area contributed by atoms with Crippen molar-refractivity contribution >= 4 is 45.0 Å². The summed E-state index contributed by atoms with van der Waals surface area (Å²) in [6.07, 6.45) is -4.90. The van der Waals surface area contributed by atoms with Gasteiger partial charge in [-0.25, -0.2) is 13.2 Å². The first-order chi connectivity index (χ1) is 15.8. The zero-order valence-corrected chi connectivity index (χ0v) is 18.8. The topological polar surface area (TPSA) is 58.2 Å². The van der Waals surface area contributed by atoms with Crippen molar-refractivity contribution in [2.45, 2.75) is 12.2 Å². The zero-order valence-electron chi connectivity index (χ0n) is 16.5. The van der Waals surface area contributed by atoms with Gasteiger partial charge in [0.1, 0.15) is 5.82 Å². The Morgan fingerprint density at radius 1 is 1.03 bits per heavy atom. The van der Waals surface area contributed by atoms with Crippen LogP contribution in [0.15, 0.2) is 46.9 Å². The molecule has 0 unspecified atom stereocenters.